The Labute approximate surface area is 141 Å². The molecule has 132 valence electrons. The summed E-state index contributed by atoms with van der Waals surface area (Å²) in [5.41, 5.74) is 0.0149. The molecule has 1 aromatic carbocycles. The van der Waals surface area contributed by atoms with Gasteiger partial charge in [-0.3, -0.25) is 14.5 Å². The Balaban J connectivity index is 2.06. The molecule has 3 N–H and O–H groups in total. The van der Waals surface area contributed by atoms with Gasteiger partial charge in [-0.05, 0) is 31.5 Å². The highest BCUT2D eigenvalue weighted by molar-refractivity contribution is 5.89. The van der Waals surface area contributed by atoms with Gasteiger partial charge in [-0.1, -0.05) is 12.1 Å². The van der Waals surface area contributed by atoms with Crippen LogP contribution in [-0.2, 0) is 16.1 Å². The molecule has 2 amide bonds. The Morgan fingerprint density at radius 3 is 2.92 bits per heavy atom. The van der Waals surface area contributed by atoms with Crippen LogP contribution in [-0.4, -0.2) is 53.1 Å². The maximum Gasteiger partial charge on any atom is 0.237 e. The molecular formula is C17H24FN3O3. The first-order chi connectivity index (χ1) is 11.3. The van der Waals surface area contributed by atoms with E-state index in [2.05, 4.69) is 10.6 Å². The molecule has 2 rings (SSSR count). The van der Waals surface area contributed by atoms with Crippen LogP contribution < -0.4 is 10.6 Å². The largest absolute Gasteiger partial charge is 0.394 e. The molecule has 1 fully saturated rings. The maximum absolute atomic E-state index is 13.3. The number of carbonyl (C=O) groups is 2. The van der Waals surface area contributed by atoms with Crippen molar-refractivity contribution in [2.24, 2.45) is 0 Å². The van der Waals surface area contributed by atoms with Crippen molar-refractivity contribution >= 4 is 11.8 Å². The lowest BCUT2D eigenvalue weighted by atomic mass is 10.0. The minimum atomic E-state index is -0.740. The Morgan fingerprint density at radius 1 is 1.50 bits per heavy atom. The van der Waals surface area contributed by atoms with Crippen molar-refractivity contribution in [1.29, 1.82) is 0 Å². The first-order valence-corrected chi connectivity index (χ1v) is 7.99. The van der Waals surface area contributed by atoms with Gasteiger partial charge >= 0.3 is 0 Å². The van der Waals surface area contributed by atoms with E-state index in [0.717, 1.165) is 5.56 Å². The minimum absolute atomic E-state index is 0.00935. The number of nitrogens with one attached hydrogen (secondary N) is 2. The molecule has 0 aromatic heterocycles. The lowest BCUT2D eigenvalue weighted by molar-refractivity contribution is -0.135. The highest BCUT2D eigenvalue weighted by Crippen LogP contribution is 2.15. The molecule has 1 unspecified atom stereocenters. The summed E-state index contributed by atoms with van der Waals surface area (Å²) in [5, 5.41) is 14.7. The van der Waals surface area contributed by atoms with Gasteiger partial charge in [0.05, 0.1) is 24.6 Å². The summed E-state index contributed by atoms with van der Waals surface area (Å²) >= 11 is 0. The molecule has 0 aliphatic carbocycles. The van der Waals surface area contributed by atoms with Gasteiger partial charge in [0.2, 0.25) is 11.8 Å². The van der Waals surface area contributed by atoms with Crippen LogP contribution in [0.25, 0.3) is 0 Å². The van der Waals surface area contributed by atoms with Crippen LogP contribution in [0.2, 0.25) is 0 Å². The average molecular weight is 337 g/mol. The smallest absolute Gasteiger partial charge is 0.237 e. The lowest BCUT2D eigenvalue weighted by Crippen LogP contribution is -2.57. The third-order valence-electron chi connectivity index (χ3n) is 3.97. The number of hydrogen-bond donors (Lipinski definition) is 3. The van der Waals surface area contributed by atoms with Gasteiger partial charge in [0.25, 0.3) is 0 Å². The zero-order chi connectivity index (χ0) is 17.7. The summed E-state index contributed by atoms with van der Waals surface area (Å²) in [4.78, 5) is 26.2. The number of benzene rings is 1. The topological polar surface area (TPSA) is 81.7 Å². The third-order valence-corrected chi connectivity index (χ3v) is 3.97. The monoisotopic (exact) mass is 337 g/mol. The van der Waals surface area contributed by atoms with Gasteiger partial charge in [-0.2, -0.15) is 0 Å². The van der Waals surface area contributed by atoms with Gasteiger partial charge < -0.3 is 15.7 Å². The van der Waals surface area contributed by atoms with E-state index in [-0.39, 0.29) is 30.7 Å². The Morgan fingerprint density at radius 2 is 2.25 bits per heavy atom. The molecule has 7 heteroatoms. The van der Waals surface area contributed by atoms with Crippen LogP contribution in [0.3, 0.4) is 0 Å². The number of hydrogen-bond acceptors (Lipinski definition) is 4. The van der Waals surface area contributed by atoms with E-state index in [1.54, 1.807) is 26.0 Å². The first-order valence-electron chi connectivity index (χ1n) is 7.99. The second kappa shape index (κ2) is 7.72. The Hall–Kier alpha value is -1.99. The van der Waals surface area contributed by atoms with E-state index in [1.165, 1.54) is 12.1 Å². The van der Waals surface area contributed by atoms with Crippen molar-refractivity contribution in [2.75, 3.05) is 19.7 Å². The Bertz CT molecular complexity index is 606. The van der Waals surface area contributed by atoms with Crippen LogP contribution in [0.5, 0.6) is 0 Å². The quantitative estimate of drug-likeness (QED) is 0.702. The van der Waals surface area contributed by atoms with E-state index in [4.69, 9.17) is 0 Å². The standard InChI is InChI=1S/C17H24FN3O3/c1-17(2,11-22)20-15(23)9-14-16(24)19-6-7-21(14)10-12-4-3-5-13(18)8-12/h3-5,8,14,22H,6-7,9-11H2,1-2H3,(H,19,24)(H,20,23). The maximum atomic E-state index is 13.3. The SMILES string of the molecule is CC(C)(CO)NC(=O)CC1C(=O)NCCN1Cc1cccc(F)c1. The predicted molar refractivity (Wildman–Crippen MR) is 87.5 cm³/mol. The summed E-state index contributed by atoms with van der Waals surface area (Å²) in [7, 11) is 0. The van der Waals surface area contributed by atoms with E-state index in [0.29, 0.717) is 19.6 Å². The fourth-order valence-electron chi connectivity index (χ4n) is 2.69. The number of aliphatic hydroxyl groups is 1. The van der Waals surface area contributed by atoms with Crippen LogP contribution >= 0.6 is 0 Å². The van der Waals surface area contributed by atoms with E-state index >= 15 is 0 Å². The molecule has 0 bridgehead atoms. The molecule has 1 atom stereocenters. The van der Waals surface area contributed by atoms with Crippen molar-refractivity contribution in [3.8, 4) is 0 Å². The molecule has 6 nitrogen and oxygen atoms in total. The van der Waals surface area contributed by atoms with Gasteiger partial charge in [-0.15, -0.1) is 0 Å². The molecule has 1 saturated heterocycles. The van der Waals surface area contributed by atoms with Crippen LogP contribution in [0.15, 0.2) is 24.3 Å². The zero-order valence-corrected chi connectivity index (χ0v) is 14.0. The van der Waals surface area contributed by atoms with Crippen LogP contribution in [0.1, 0.15) is 25.8 Å². The summed E-state index contributed by atoms with van der Waals surface area (Å²) in [6.45, 7) is 4.69. The second-order valence-electron chi connectivity index (χ2n) is 6.70. The van der Waals surface area contributed by atoms with Crippen LogP contribution in [0, 0.1) is 5.82 Å². The van der Waals surface area contributed by atoms with E-state index < -0.39 is 11.6 Å². The summed E-state index contributed by atoms with van der Waals surface area (Å²) in [5.74, 6) is -0.845. The molecule has 1 aliphatic rings. The fourth-order valence-corrected chi connectivity index (χ4v) is 2.69. The van der Waals surface area contributed by atoms with Crippen molar-refractivity contribution in [2.45, 2.75) is 38.4 Å². The molecule has 1 heterocycles. The van der Waals surface area contributed by atoms with Gasteiger partial charge in [0.1, 0.15) is 5.82 Å². The van der Waals surface area contributed by atoms with Crippen molar-refractivity contribution in [3.05, 3.63) is 35.6 Å². The average Bonchev–Trinajstić information content (AvgIpc) is 2.50. The minimum Gasteiger partial charge on any atom is -0.394 e. The molecular weight excluding hydrogens is 313 g/mol. The zero-order valence-electron chi connectivity index (χ0n) is 14.0. The summed E-state index contributed by atoms with van der Waals surface area (Å²) < 4.78 is 13.3. The van der Waals surface area contributed by atoms with Crippen molar-refractivity contribution < 1.29 is 19.1 Å². The first kappa shape index (κ1) is 18.4. The Kier molecular flexibility index (Phi) is 5.90. The number of carbonyl (C=O) groups excluding carboxylic acids is 2. The predicted octanol–water partition coefficient (Wildman–Crippen LogP) is 0.403. The second-order valence-corrected chi connectivity index (χ2v) is 6.70. The van der Waals surface area contributed by atoms with Crippen LogP contribution in [0.4, 0.5) is 4.39 Å². The third kappa shape index (κ3) is 5.01. The van der Waals surface area contributed by atoms with Gasteiger partial charge in [-0.25, -0.2) is 4.39 Å². The lowest BCUT2D eigenvalue weighted by Gasteiger charge is -2.35. The molecule has 1 aliphatic heterocycles. The normalized spacial score (nSPS) is 19.0. The van der Waals surface area contributed by atoms with E-state index in [1.807, 2.05) is 4.90 Å². The number of aliphatic hydroxyl groups excluding tert-OH is 1. The molecule has 24 heavy (non-hydrogen) atoms. The van der Waals surface area contributed by atoms with Gasteiger partial charge in [0.15, 0.2) is 0 Å². The summed E-state index contributed by atoms with van der Waals surface area (Å²) in [6.07, 6.45) is -0.00935. The van der Waals surface area contributed by atoms with Crippen molar-refractivity contribution in [3.63, 3.8) is 0 Å². The molecule has 1 aromatic rings. The summed E-state index contributed by atoms with van der Waals surface area (Å²) in [6, 6.07) is 5.60. The number of piperazine rings is 1. The highest BCUT2D eigenvalue weighted by Gasteiger charge is 2.32. The van der Waals surface area contributed by atoms with Gasteiger partial charge in [0, 0.05) is 19.6 Å². The number of nitrogens with zero attached hydrogens (tertiary/aromatic N) is 1. The molecule has 0 radical (unpaired) electrons. The fraction of sp³-hybridized carbons (Fsp3) is 0.529. The number of halogens is 1. The highest BCUT2D eigenvalue weighted by atomic mass is 19.1. The van der Waals surface area contributed by atoms with E-state index in [9.17, 15) is 19.1 Å². The molecule has 0 spiro atoms. The number of rotatable bonds is 6. The number of amides is 2. The van der Waals surface area contributed by atoms with Crippen molar-refractivity contribution in [1.82, 2.24) is 15.5 Å². The molecule has 0 saturated carbocycles.